The molecule has 3 aromatic carbocycles. The van der Waals surface area contributed by atoms with Gasteiger partial charge in [0, 0.05) is 11.8 Å². The van der Waals surface area contributed by atoms with Gasteiger partial charge in [0.15, 0.2) is 17.7 Å². The first kappa shape index (κ1) is 21.8. The maximum atomic E-state index is 13.5. The molecule has 0 unspecified atom stereocenters. The van der Waals surface area contributed by atoms with Crippen LogP contribution in [-0.4, -0.2) is 27.0 Å². The van der Waals surface area contributed by atoms with Crippen molar-refractivity contribution in [2.75, 3.05) is 16.2 Å². The number of nitrogens with zero attached hydrogens (tertiary/aromatic N) is 1. The zero-order valence-corrected chi connectivity index (χ0v) is 18.1. The Labute approximate surface area is 184 Å². The molecule has 1 aliphatic heterocycles. The first-order valence-electron chi connectivity index (χ1n) is 9.78. The fraction of sp³-hybridized carbons (Fsp3) is 0.174. The molecule has 0 aromatic heterocycles. The van der Waals surface area contributed by atoms with E-state index in [-0.39, 0.29) is 22.9 Å². The number of carbonyl (C=O) groups excluding carboxylic acids is 1. The molecule has 0 aliphatic carbocycles. The fourth-order valence-electron chi connectivity index (χ4n) is 3.36. The molecule has 1 heterocycles. The highest BCUT2D eigenvalue weighted by atomic mass is 32.2. The van der Waals surface area contributed by atoms with Crippen molar-refractivity contribution in [1.82, 2.24) is 0 Å². The Morgan fingerprint density at radius 2 is 1.66 bits per heavy atom. The fourth-order valence-corrected chi connectivity index (χ4v) is 4.83. The molecule has 3 aromatic rings. The van der Waals surface area contributed by atoms with E-state index in [1.54, 1.807) is 30.3 Å². The van der Waals surface area contributed by atoms with Crippen LogP contribution in [0.4, 0.5) is 20.2 Å². The van der Waals surface area contributed by atoms with Crippen molar-refractivity contribution in [1.29, 1.82) is 0 Å². The lowest BCUT2D eigenvalue weighted by Crippen LogP contribution is -2.48. The number of nitrogens with one attached hydrogen (secondary N) is 1. The topological polar surface area (TPSA) is 75.7 Å². The number of hydrogen-bond donors (Lipinski definition) is 1. The summed E-state index contributed by atoms with van der Waals surface area (Å²) in [5.41, 5.74) is 2.08. The van der Waals surface area contributed by atoms with E-state index in [2.05, 4.69) is 5.32 Å². The number of fused-ring (bicyclic) bond motifs is 1. The molecular weight excluding hydrogens is 438 g/mol. The maximum Gasteiger partial charge on any atom is 0.267 e. The van der Waals surface area contributed by atoms with Crippen molar-refractivity contribution < 1.29 is 26.7 Å². The molecule has 0 fully saturated rings. The van der Waals surface area contributed by atoms with E-state index in [4.69, 9.17) is 4.74 Å². The standard InChI is InChI=1S/C23H20F2N2O4S/c1-14-3-7-17(8-4-14)32(29,30)27-13-22(31-21-10-5-15(2)11-20(21)27)23(28)26-16-6-9-18(24)19(25)12-16/h3-12,22H,13H2,1-2H3,(H,26,28)/t22-/m0/s1. The van der Waals surface area contributed by atoms with Crippen LogP contribution in [0.2, 0.25) is 0 Å². The number of hydrogen-bond acceptors (Lipinski definition) is 4. The largest absolute Gasteiger partial charge is 0.476 e. The second kappa shape index (κ2) is 8.23. The predicted octanol–water partition coefficient (Wildman–Crippen LogP) is 4.18. The van der Waals surface area contributed by atoms with Crippen LogP contribution in [0.25, 0.3) is 0 Å². The summed E-state index contributed by atoms with van der Waals surface area (Å²) in [7, 11) is -4.00. The number of rotatable bonds is 4. The zero-order chi connectivity index (χ0) is 23.0. The monoisotopic (exact) mass is 458 g/mol. The van der Waals surface area contributed by atoms with E-state index in [9.17, 15) is 22.0 Å². The Kier molecular flexibility index (Phi) is 5.60. The van der Waals surface area contributed by atoms with E-state index in [0.717, 1.165) is 27.6 Å². The van der Waals surface area contributed by atoms with Gasteiger partial charge in [-0.1, -0.05) is 23.8 Å². The minimum Gasteiger partial charge on any atom is -0.476 e. The second-order valence-electron chi connectivity index (χ2n) is 7.55. The summed E-state index contributed by atoms with van der Waals surface area (Å²) in [6.45, 7) is 3.38. The summed E-state index contributed by atoms with van der Waals surface area (Å²) >= 11 is 0. The highest BCUT2D eigenvalue weighted by Crippen LogP contribution is 2.38. The van der Waals surface area contributed by atoms with Gasteiger partial charge in [-0.25, -0.2) is 17.2 Å². The van der Waals surface area contributed by atoms with E-state index in [1.165, 1.54) is 18.2 Å². The molecule has 1 aliphatic rings. The minimum atomic E-state index is -4.00. The van der Waals surface area contributed by atoms with Gasteiger partial charge >= 0.3 is 0 Å². The third-order valence-corrected chi connectivity index (χ3v) is 6.87. The Morgan fingerprint density at radius 1 is 0.969 bits per heavy atom. The van der Waals surface area contributed by atoms with Gasteiger partial charge in [0.05, 0.1) is 17.1 Å². The van der Waals surface area contributed by atoms with Crippen LogP contribution in [0.15, 0.2) is 65.6 Å². The molecule has 0 bridgehead atoms. The predicted molar refractivity (Wildman–Crippen MR) is 116 cm³/mol. The third-order valence-electron chi connectivity index (χ3n) is 5.07. The van der Waals surface area contributed by atoms with Crippen LogP contribution < -0.4 is 14.4 Å². The summed E-state index contributed by atoms with van der Waals surface area (Å²) in [5.74, 6) is -2.62. The van der Waals surface area contributed by atoms with Crippen LogP contribution in [0.1, 0.15) is 11.1 Å². The van der Waals surface area contributed by atoms with Gasteiger partial charge in [-0.3, -0.25) is 9.10 Å². The quantitative estimate of drug-likeness (QED) is 0.637. The van der Waals surface area contributed by atoms with Crippen LogP contribution in [-0.2, 0) is 14.8 Å². The Morgan fingerprint density at radius 3 is 2.34 bits per heavy atom. The molecule has 0 spiro atoms. The van der Waals surface area contributed by atoms with Crippen molar-refractivity contribution in [2.24, 2.45) is 0 Å². The van der Waals surface area contributed by atoms with Gasteiger partial charge in [-0.15, -0.1) is 0 Å². The van der Waals surface area contributed by atoms with Gasteiger partial charge in [-0.2, -0.15) is 0 Å². The third kappa shape index (κ3) is 4.16. The summed E-state index contributed by atoms with van der Waals surface area (Å²) in [4.78, 5) is 12.9. The van der Waals surface area contributed by atoms with Gasteiger partial charge in [-0.05, 0) is 55.8 Å². The normalized spacial score (nSPS) is 15.6. The van der Waals surface area contributed by atoms with Crippen molar-refractivity contribution in [3.05, 3.63) is 83.4 Å². The van der Waals surface area contributed by atoms with Crippen LogP contribution in [0.3, 0.4) is 0 Å². The molecule has 4 rings (SSSR count). The number of amides is 1. The number of halogens is 2. The lowest BCUT2D eigenvalue weighted by atomic mass is 10.1. The highest BCUT2D eigenvalue weighted by molar-refractivity contribution is 7.92. The van der Waals surface area contributed by atoms with E-state index in [1.807, 2.05) is 13.8 Å². The molecule has 0 saturated carbocycles. The summed E-state index contributed by atoms with van der Waals surface area (Å²) in [6, 6.07) is 14.3. The summed E-state index contributed by atoms with van der Waals surface area (Å²) in [6.07, 6.45) is -1.21. The number of benzene rings is 3. The van der Waals surface area contributed by atoms with Crippen LogP contribution in [0, 0.1) is 25.5 Å². The average molecular weight is 458 g/mol. The van der Waals surface area contributed by atoms with E-state index in [0.29, 0.717) is 5.69 Å². The summed E-state index contributed by atoms with van der Waals surface area (Å²) in [5, 5.41) is 2.45. The molecule has 1 amide bonds. The van der Waals surface area contributed by atoms with Crippen molar-refractivity contribution in [2.45, 2.75) is 24.8 Å². The molecule has 6 nitrogen and oxygen atoms in total. The van der Waals surface area contributed by atoms with Crippen molar-refractivity contribution in [3.8, 4) is 5.75 Å². The molecule has 0 saturated heterocycles. The lowest BCUT2D eigenvalue weighted by molar-refractivity contribution is -0.122. The molecular formula is C23H20F2N2O4S. The zero-order valence-electron chi connectivity index (χ0n) is 17.3. The second-order valence-corrected chi connectivity index (χ2v) is 9.41. The molecule has 32 heavy (non-hydrogen) atoms. The summed E-state index contributed by atoms with van der Waals surface area (Å²) < 4.78 is 60.4. The number of sulfonamides is 1. The van der Waals surface area contributed by atoms with Gasteiger partial charge in [0.1, 0.15) is 5.75 Å². The molecule has 1 N–H and O–H groups in total. The van der Waals surface area contributed by atoms with Gasteiger partial charge in [0.2, 0.25) is 0 Å². The number of anilines is 2. The smallest absolute Gasteiger partial charge is 0.267 e. The minimum absolute atomic E-state index is 0.0279. The molecule has 0 radical (unpaired) electrons. The first-order valence-corrected chi connectivity index (χ1v) is 11.2. The van der Waals surface area contributed by atoms with E-state index < -0.39 is 33.7 Å². The van der Waals surface area contributed by atoms with Crippen LogP contribution in [0.5, 0.6) is 5.75 Å². The maximum absolute atomic E-state index is 13.5. The molecule has 166 valence electrons. The number of aryl methyl sites for hydroxylation is 2. The van der Waals surface area contributed by atoms with Crippen molar-refractivity contribution >= 4 is 27.3 Å². The van der Waals surface area contributed by atoms with Crippen molar-refractivity contribution in [3.63, 3.8) is 0 Å². The van der Waals surface area contributed by atoms with E-state index >= 15 is 0 Å². The lowest BCUT2D eigenvalue weighted by Gasteiger charge is -2.35. The van der Waals surface area contributed by atoms with Gasteiger partial charge in [0.25, 0.3) is 15.9 Å². The number of carbonyl (C=O) groups is 1. The Hall–Kier alpha value is -3.46. The number of ether oxygens (including phenoxy) is 1. The van der Waals surface area contributed by atoms with Crippen LogP contribution >= 0.6 is 0 Å². The Balaban J connectivity index is 1.69. The Bertz CT molecular complexity index is 1290. The molecule has 1 atom stereocenters. The highest BCUT2D eigenvalue weighted by Gasteiger charge is 2.37. The molecule has 9 heteroatoms. The SMILES string of the molecule is Cc1ccc(S(=O)(=O)N2C[C@@H](C(=O)Nc3ccc(F)c(F)c3)Oc3ccc(C)cc32)cc1. The average Bonchev–Trinajstić information content (AvgIpc) is 2.75. The first-order chi connectivity index (χ1) is 15.1. The van der Waals surface area contributed by atoms with Gasteiger partial charge < -0.3 is 10.1 Å².